The lowest BCUT2D eigenvalue weighted by atomic mass is 9.97. The van der Waals surface area contributed by atoms with Gasteiger partial charge in [-0.1, -0.05) is 6.92 Å². The minimum atomic E-state index is -0.377. The van der Waals surface area contributed by atoms with Gasteiger partial charge in [0.2, 0.25) is 5.91 Å². The molecule has 1 atom stereocenters. The fourth-order valence-electron chi connectivity index (χ4n) is 2.33. The molecule has 15 heavy (non-hydrogen) atoms. The summed E-state index contributed by atoms with van der Waals surface area (Å²) < 4.78 is 0. The summed E-state index contributed by atoms with van der Waals surface area (Å²) in [4.78, 5) is 15.8. The summed E-state index contributed by atoms with van der Waals surface area (Å²) in [5.74, 6) is 0.0323. The molecule has 1 aliphatic rings. The predicted molar refractivity (Wildman–Crippen MR) is 59.6 cm³/mol. The third kappa shape index (κ3) is 2.32. The van der Waals surface area contributed by atoms with Gasteiger partial charge in [0.15, 0.2) is 0 Å². The summed E-state index contributed by atoms with van der Waals surface area (Å²) in [5, 5.41) is 9.35. The van der Waals surface area contributed by atoms with Crippen LogP contribution in [0.25, 0.3) is 0 Å². The third-order valence-electron chi connectivity index (χ3n) is 3.39. The molecule has 1 saturated heterocycles. The summed E-state index contributed by atoms with van der Waals surface area (Å²) >= 11 is 0. The second kappa shape index (κ2) is 4.49. The van der Waals surface area contributed by atoms with E-state index in [0.717, 1.165) is 19.5 Å². The van der Waals surface area contributed by atoms with Gasteiger partial charge in [0.25, 0.3) is 0 Å². The van der Waals surface area contributed by atoms with E-state index in [0.29, 0.717) is 0 Å². The van der Waals surface area contributed by atoms with Crippen molar-refractivity contribution in [1.82, 2.24) is 9.80 Å². The van der Waals surface area contributed by atoms with Crippen LogP contribution in [-0.4, -0.2) is 59.1 Å². The highest BCUT2D eigenvalue weighted by atomic mass is 16.3. The Labute approximate surface area is 91.9 Å². The highest BCUT2D eigenvalue weighted by Gasteiger charge is 2.39. The Bertz CT molecular complexity index is 241. The van der Waals surface area contributed by atoms with E-state index in [1.165, 1.54) is 0 Å². The number of aliphatic hydroxyl groups is 1. The number of hydrogen-bond donors (Lipinski definition) is 1. The van der Waals surface area contributed by atoms with Crippen LogP contribution in [0.5, 0.6) is 0 Å². The lowest BCUT2D eigenvalue weighted by molar-refractivity contribution is -0.136. The quantitative estimate of drug-likeness (QED) is 0.719. The Kier molecular flexibility index (Phi) is 3.73. The summed E-state index contributed by atoms with van der Waals surface area (Å²) in [7, 11) is 1.81. The summed E-state index contributed by atoms with van der Waals surface area (Å²) in [6.07, 6.45) is 0.944. The summed E-state index contributed by atoms with van der Waals surface area (Å²) in [6, 6.07) is -0.377. The standard InChI is InChI=1S/C11H22N2O2/c1-5-13-9(8-14)10(15)12(4)7-6-11(13,2)3/h9,14H,5-8H2,1-4H3. The van der Waals surface area contributed by atoms with Crippen molar-refractivity contribution in [3.63, 3.8) is 0 Å². The number of aliphatic hydroxyl groups excluding tert-OH is 1. The molecule has 0 saturated carbocycles. The van der Waals surface area contributed by atoms with Crippen LogP contribution in [0.4, 0.5) is 0 Å². The zero-order chi connectivity index (χ0) is 11.6. The van der Waals surface area contributed by atoms with E-state index in [1.807, 2.05) is 6.92 Å². The molecule has 4 nitrogen and oxygen atoms in total. The van der Waals surface area contributed by atoms with E-state index < -0.39 is 0 Å². The first-order valence-electron chi connectivity index (χ1n) is 5.56. The minimum absolute atomic E-state index is 0.0252. The van der Waals surface area contributed by atoms with Crippen LogP contribution in [0.2, 0.25) is 0 Å². The number of carbonyl (C=O) groups excluding carboxylic acids is 1. The molecule has 0 aliphatic carbocycles. The van der Waals surface area contributed by atoms with Gasteiger partial charge in [0, 0.05) is 19.1 Å². The molecule has 1 heterocycles. The molecule has 1 unspecified atom stereocenters. The Morgan fingerprint density at radius 1 is 1.53 bits per heavy atom. The van der Waals surface area contributed by atoms with E-state index in [1.54, 1.807) is 11.9 Å². The zero-order valence-electron chi connectivity index (χ0n) is 10.2. The van der Waals surface area contributed by atoms with Crippen molar-refractivity contribution in [2.45, 2.75) is 38.8 Å². The predicted octanol–water partition coefficient (Wildman–Crippen LogP) is 0.310. The molecule has 1 N–H and O–H groups in total. The second-order valence-corrected chi connectivity index (χ2v) is 4.81. The van der Waals surface area contributed by atoms with Crippen LogP contribution in [0, 0.1) is 0 Å². The number of hydrogen-bond acceptors (Lipinski definition) is 3. The molecule has 0 radical (unpaired) electrons. The maximum absolute atomic E-state index is 12.0. The van der Waals surface area contributed by atoms with Crippen molar-refractivity contribution < 1.29 is 9.90 Å². The van der Waals surface area contributed by atoms with Crippen LogP contribution in [0.15, 0.2) is 0 Å². The molecule has 0 aromatic carbocycles. The van der Waals surface area contributed by atoms with Gasteiger partial charge in [0.05, 0.1) is 6.61 Å². The Balaban J connectivity index is 2.99. The molecule has 4 heteroatoms. The Hall–Kier alpha value is -0.610. The lowest BCUT2D eigenvalue weighted by Crippen LogP contribution is -2.54. The highest BCUT2D eigenvalue weighted by molar-refractivity contribution is 5.82. The van der Waals surface area contributed by atoms with Gasteiger partial charge < -0.3 is 10.0 Å². The first-order valence-corrected chi connectivity index (χ1v) is 5.56. The maximum Gasteiger partial charge on any atom is 0.242 e. The molecule has 1 rings (SSSR count). The highest BCUT2D eigenvalue weighted by Crippen LogP contribution is 2.25. The normalized spacial score (nSPS) is 27.9. The van der Waals surface area contributed by atoms with E-state index in [-0.39, 0.29) is 24.1 Å². The van der Waals surface area contributed by atoms with E-state index in [2.05, 4.69) is 18.7 Å². The molecular weight excluding hydrogens is 192 g/mol. The number of nitrogens with zero attached hydrogens (tertiary/aromatic N) is 2. The molecule has 0 bridgehead atoms. The smallest absolute Gasteiger partial charge is 0.242 e. The number of amides is 1. The van der Waals surface area contributed by atoms with Gasteiger partial charge in [0.1, 0.15) is 6.04 Å². The van der Waals surface area contributed by atoms with Crippen LogP contribution >= 0.6 is 0 Å². The molecule has 1 amide bonds. The Morgan fingerprint density at radius 3 is 2.60 bits per heavy atom. The van der Waals surface area contributed by atoms with E-state index in [4.69, 9.17) is 0 Å². The van der Waals surface area contributed by atoms with E-state index >= 15 is 0 Å². The van der Waals surface area contributed by atoms with E-state index in [9.17, 15) is 9.90 Å². The molecule has 88 valence electrons. The van der Waals surface area contributed by atoms with Crippen molar-refractivity contribution in [3.8, 4) is 0 Å². The summed E-state index contributed by atoms with van der Waals surface area (Å²) in [6.45, 7) is 7.75. The molecular formula is C11H22N2O2. The van der Waals surface area contributed by atoms with Gasteiger partial charge in [-0.3, -0.25) is 9.69 Å². The molecule has 0 aromatic heterocycles. The second-order valence-electron chi connectivity index (χ2n) is 4.81. The average molecular weight is 214 g/mol. The average Bonchev–Trinajstić information content (AvgIpc) is 2.27. The summed E-state index contributed by atoms with van der Waals surface area (Å²) in [5.41, 5.74) is -0.0252. The van der Waals surface area contributed by atoms with Gasteiger partial charge in [-0.2, -0.15) is 0 Å². The van der Waals surface area contributed by atoms with Gasteiger partial charge in [-0.05, 0) is 26.8 Å². The van der Waals surface area contributed by atoms with Gasteiger partial charge in [-0.25, -0.2) is 0 Å². The van der Waals surface area contributed by atoms with Crippen LogP contribution in [0.1, 0.15) is 27.2 Å². The molecule has 0 aromatic rings. The largest absolute Gasteiger partial charge is 0.394 e. The lowest BCUT2D eigenvalue weighted by Gasteiger charge is -2.39. The maximum atomic E-state index is 12.0. The van der Waals surface area contributed by atoms with Gasteiger partial charge in [-0.15, -0.1) is 0 Å². The SMILES string of the molecule is CCN1C(CO)C(=O)N(C)CCC1(C)C. The van der Waals surface area contributed by atoms with Crippen LogP contribution < -0.4 is 0 Å². The minimum Gasteiger partial charge on any atom is -0.394 e. The number of likely N-dealkylation sites (N-methyl/N-ethyl adjacent to an activating group) is 2. The molecule has 1 aliphatic heterocycles. The van der Waals surface area contributed by atoms with Crippen molar-refractivity contribution in [2.24, 2.45) is 0 Å². The number of rotatable bonds is 2. The van der Waals surface area contributed by atoms with Crippen LogP contribution in [0.3, 0.4) is 0 Å². The molecule has 0 spiro atoms. The Morgan fingerprint density at radius 2 is 2.13 bits per heavy atom. The van der Waals surface area contributed by atoms with Gasteiger partial charge >= 0.3 is 0 Å². The third-order valence-corrected chi connectivity index (χ3v) is 3.39. The monoisotopic (exact) mass is 214 g/mol. The van der Waals surface area contributed by atoms with Crippen molar-refractivity contribution in [1.29, 1.82) is 0 Å². The van der Waals surface area contributed by atoms with Crippen molar-refractivity contribution >= 4 is 5.91 Å². The topological polar surface area (TPSA) is 43.8 Å². The van der Waals surface area contributed by atoms with Crippen molar-refractivity contribution in [3.05, 3.63) is 0 Å². The molecule has 1 fully saturated rings. The first-order chi connectivity index (χ1) is 6.94. The fourth-order valence-corrected chi connectivity index (χ4v) is 2.33. The fraction of sp³-hybridized carbons (Fsp3) is 0.909. The van der Waals surface area contributed by atoms with Crippen molar-refractivity contribution in [2.75, 3.05) is 26.7 Å². The van der Waals surface area contributed by atoms with Crippen LogP contribution in [-0.2, 0) is 4.79 Å². The first kappa shape index (κ1) is 12.5. The number of carbonyl (C=O) groups is 1. The zero-order valence-corrected chi connectivity index (χ0v) is 10.2.